The first-order chi connectivity index (χ1) is 6.45. The van der Waals surface area contributed by atoms with Crippen molar-refractivity contribution in [2.45, 2.75) is 0 Å². The molecule has 0 aromatic heterocycles. The topological polar surface area (TPSA) is 60.2 Å². The fourth-order valence-corrected chi connectivity index (χ4v) is 1.42. The Morgan fingerprint density at radius 3 is 2.36 bits per heavy atom. The Hall–Kier alpha value is -0.840. The Balaban J connectivity index is 3.53. The molecular formula is C7H2Cl3NO3. The lowest BCUT2D eigenvalue weighted by atomic mass is 10.2. The number of benzene rings is 1. The summed E-state index contributed by atoms with van der Waals surface area (Å²) >= 11 is 16.2. The molecule has 0 saturated heterocycles. The number of hydrogen-bond donors (Lipinski definition) is 0. The zero-order chi connectivity index (χ0) is 10.9. The summed E-state index contributed by atoms with van der Waals surface area (Å²) in [5.74, 6) is 0. The van der Waals surface area contributed by atoms with Crippen LogP contribution < -0.4 is 0 Å². The van der Waals surface area contributed by atoms with Gasteiger partial charge in [0.15, 0.2) is 0 Å². The molecule has 0 saturated carbocycles. The summed E-state index contributed by atoms with van der Waals surface area (Å²) in [7, 11) is 0. The van der Waals surface area contributed by atoms with E-state index in [1.54, 1.807) is 0 Å². The highest BCUT2D eigenvalue weighted by molar-refractivity contribution is 6.68. The van der Waals surface area contributed by atoms with Gasteiger partial charge in [0.1, 0.15) is 10.6 Å². The number of nitro benzene ring substituents is 1. The van der Waals surface area contributed by atoms with Gasteiger partial charge in [-0.05, 0) is 23.7 Å². The van der Waals surface area contributed by atoms with Crippen molar-refractivity contribution >= 4 is 45.7 Å². The van der Waals surface area contributed by atoms with Crippen molar-refractivity contribution in [2.24, 2.45) is 0 Å². The van der Waals surface area contributed by atoms with Gasteiger partial charge in [-0.3, -0.25) is 14.9 Å². The minimum absolute atomic E-state index is 0.0000309. The highest BCUT2D eigenvalue weighted by Gasteiger charge is 2.24. The summed E-state index contributed by atoms with van der Waals surface area (Å²) in [5, 5.41) is 9.31. The number of halogens is 3. The quantitative estimate of drug-likeness (QED) is 0.462. The molecule has 1 aromatic carbocycles. The van der Waals surface area contributed by atoms with Crippen LogP contribution in [0.5, 0.6) is 0 Å². The number of nitrogens with zero attached hydrogens (tertiary/aromatic N) is 1. The Bertz CT molecular complexity index is 419. The Morgan fingerprint density at radius 1 is 1.36 bits per heavy atom. The lowest BCUT2D eigenvalue weighted by Gasteiger charge is -2.00. The fraction of sp³-hybridized carbons (Fsp3) is 0. The fourth-order valence-electron chi connectivity index (χ4n) is 0.877. The average molecular weight is 254 g/mol. The van der Waals surface area contributed by atoms with Crippen LogP contribution in [0.4, 0.5) is 5.69 Å². The van der Waals surface area contributed by atoms with Gasteiger partial charge in [0, 0.05) is 0 Å². The predicted octanol–water partition coefficient (Wildman–Crippen LogP) is 3.28. The molecule has 74 valence electrons. The van der Waals surface area contributed by atoms with Crippen molar-refractivity contribution in [3.63, 3.8) is 0 Å². The first-order valence-corrected chi connectivity index (χ1v) is 4.40. The van der Waals surface area contributed by atoms with E-state index in [9.17, 15) is 14.9 Å². The number of nitro groups is 1. The van der Waals surface area contributed by atoms with Gasteiger partial charge in [-0.1, -0.05) is 23.2 Å². The van der Waals surface area contributed by atoms with Crippen LogP contribution in [0.25, 0.3) is 0 Å². The molecule has 0 spiro atoms. The highest BCUT2D eigenvalue weighted by atomic mass is 35.5. The molecule has 0 N–H and O–H groups in total. The monoisotopic (exact) mass is 253 g/mol. The minimum Gasteiger partial charge on any atom is -0.275 e. The molecular weight excluding hydrogens is 252 g/mol. The zero-order valence-electron chi connectivity index (χ0n) is 6.46. The summed E-state index contributed by atoms with van der Waals surface area (Å²) in [6.07, 6.45) is 0. The lowest BCUT2D eigenvalue weighted by molar-refractivity contribution is -0.384. The molecule has 14 heavy (non-hydrogen) atoms. The molecule has 0 radical (unpaired) electrons. The third-order valence-electron chi connectivity index (χ3n) is 1.46. The average Bonchev–Trinajstić information content (AvgIpc) is 2.08. The van der Waals surface area contributed by atoms with E-state index in [-0.39, 0.29) is 15.6 Å². The lowest BCUT2D eigenvalue weighted by Crippen LogP contribution is -1.99. The predicted molar refractivity (Wildman–Crippen MR) is 53.3 cm³/mol. The van der Waals surface area contributed by atoms with Crippen molar-refractivity contribution in [1.82, 2.24) is 0 Å². The third kappa shape index (κ3) is 1.97. The van der Waals surface area contributed by atoms with Gasteiger partial charge in [-0.25, -0.2) is 0 Å². The van der Waals surface area contributed by atoms with E-state index < -0.39 is 15.9 Å². The second-order valence-electron chi connectivity index (χ2n) is 2.29. The second kappa shape index (κ2) is 4.13. The minimum atomic E-state index is -0.949. The van der Waals surface area contributed by atoms with Gasteiger partial charge in [0.25, 0.3) is 5.24 Å². The molecule has 0 heterocycles. The molecule has 1 rings (SSSR count). The molecule has 0 fully saturated rings. The van der Waals surface area contributed by atoms with Crippen molar-refractivity contribution in [3.05, 3.63) is 37.9 Å². The van der Waals surface area contributed by atoms with Crippen LogP contribution in [0.15, 0.2) is 12.1 Å². The summed E-state index contributed by atoms with van der Waals surface area (Å²) in [6, 6.07) is 2.42. The van der Waals surface area contributed by atoms with Crippen LogP contribution in [0.3, 0.4) is 0 Å². The highest BCUT2D eigenvalue weighted by Crippen LogP contribution is 2.35. The van der Waals surface area contributed by atoms with Crippen LogP contribution in [0.2, 0.25) is 10.0 Å². The number of rotatable bonds is 2. The maximum Gasteiger partial charge on any atom is 0.301 e. The van der Waals surface area contributed by atoms with Gasteiger partial charge in [-0.15, -0.1) is 0 Å². The molecule has 0 aliphatic rings. The molecule has 0 amide bonds. The van der Waals surface area contributed by atoms with Crippen molar-refractivity contribution in [2.75, 3.05) is 0 Å². The number of hydrogen-bond acceptors (Lipinski definition) is 3. The van der Waals surface area contributed by atoms with Crippen LogP contribution in [-0.2, 0) is 0 Å². The van der Waals surface area contributed by atoms with Gasteiger partial charge in [0.2, 0.25) is 0 Å². The molecule has 7 heteroatoms. The smallest absolute Gasteiger partial charge is 0.275 e. The third-order valence-corrected chi connectivity index (χ3v) is 2.46. The van der Waals surface area contributed by atoms with Gasteiger partial charge < -0.3 is 0 Å². The van der Waals surface area contributed by atoms with Crippen molar-refractivity contribution in [3.8, 4) is 0 Å². The molecule has 0 bridgehead atoms. The Kier molecular flexibility index (Phi) is 3.31. The van der Waals surface area contributed by atoms with E-state index in [0.29, 0.717) is 0 Å². The number of carbonyl (C=O) groups excluding carboxylic acids is 1. The molecule has 0 aliphatic heterocycles. The summed E-state index contributed by atoms with van der Waals surface area (Å²) in [4.78, 5) is 20.5. The van der Waals surface area contributed by atoms with E-state index in [2.05, 4.69) is 0 Å². The van der Waals surface area contributed by atoms with Crippen molar-refractivity contribution < 1.29 is 9.72 Å². The molecule has 0 unspecified atom stereocenters. The van der Waals surface area contributed by atoms with Crippen LogP contribution in [0, 0.1) is 10.1 Å². The maximum atomic E-state index is 10.8. The SMILES string of the molecule is O=C(Cl)c1ccc(Cl)c(Cl)c1[N+](=O)[O-]. The maximum absolute atomic E-state index is 10.8. The van der Waals surface area contributed by atoms with Gasteiger partial charge in [-0.2, -0.15) is 0 Å². The van der Waals surface area contributed by atoms with Crippen molar-refractivity contribution in [1.29, 1.82) is 0 Å². The van der Waals surface area contributed by atoms with E-state index in [1.807, 2.05) is 0 Å². The van der Waals surface area contributed by atoms with E-state index >= 15 is 0 Å². The van der Waals surface area contributed by atoms with Crippen LogP contribution >= 0.6 is 34.8 Å². The van der Waals surface area contributed by atoms with Gasteiger partial charge >= 0.3 is 5.69 Å². The number of carbonyl (C=O) groups is 1. The summed E-state index contributed by atoms with van der Waals surface area (Å²) in [6.45, 7) is 0. The van der Waals surface area contributed by atoms with E-state index in [4.69, 9.17) is 34.8 Å². The first-order valence-electron chi connectivity index (χ1n) is 3.27. The Labute approximate surface area is 93.5 Å². The molecule has 0 aliphatic carbocycles. The van der Waals surface area contributed by atoms with E-state index in [0.717, 1.165) is 6.07 Å². The molecule has 1 aromatic rings. The molecule has 4 nitrogen and oxygen atoms in total. The van der Waals surface area contributed by atoms with Gasteiger partial charge in [0.05, 0.1) is 9.95 Å². The largest absolute Gasteiger partial charge is 0.301 e. The van der Waals surface area contributed by atoms with Crippen LogP contribution in [-0.4, -0.2) is 10.2 Å². The normalized spacial score (nSPS) is 9.93. The molecule has 0 atom stereocenters. The van der Waals surface area contributed by atoms with E-state index in [1.165, 1.54) is 6.07 Å². The Morgan fingerprint density at radius 2 is 1.93 bits per heavy atom. The summed E-state index contributed by atoms with van der Waals surface area (Å²) < 4.78 is 0. The van der Waals surface area contributed by atoms with Crippen LogP contribution in [0.1, 0.15) is 10.4 Å². The first kappa shape index (κ1) is 11.2. The second-order valence-corrected chi connectivity index (χ2v) is 3.42. The zero-order valence-corrected chi connectivity index (χ0v) is 8.73. The standard InChI is InChI=1S/C7H2Cl3NO3/c8-4-2-1-3(7(10)12)6(5(4)9)11(13)14/h1-2H. The summed E-state index contributed by atoms with van der Waals surface area (Å²) in [5.41, 5.74) is -0.842.